The molecule has 0 saturated carbocycles. The quantitative estimate of drug-likeness (QED) is 0.898. The van der Waals surface area contributed by atoms with Crippen molar-refractivity contribution in [3.8, 4) is 11.5 Å². The Labute approximate surface area is 132 Å². The van der Waals surface area contributed by atoms with Crippen LogP contribution in [0.5, 0.6) is 11.5 Å². The molecule has 0 fully saturated rings. The minimum absolute atomic E-state index is 0.248. The van der Waals surface area contributed by atoms with Gasteiger partial charge in [-0.2, -0.15) is 10.1 Å². The van der Waals surface area contributed by atoms with E-state index in [1.54, 1.807) is 24.3 Å². The van der Waals surface area contributed by atoms with Crippen molar-refractivity contribution in [3.63, 3.8) is 0 Å². The molecule has 0 unspecified atom stereocenters. The van der Waals surface area contributed by atoms with Gasteiger partial charge in [0.2, 0.25) is 5.72 Å². The van der Waals surface area contributed by atoms with E-state index in [0.717, 1.165) is 0 Å². The third kappa shape index (κ3) is 3.42. The van der Waals surface area contributed by atoms with Crippen LogP contribution in [0.1, 0.15) is 20.3 Å². The fourth-order valence-electron chi connectivity index (χ4n) is 2.23. The third-order valence-electron chi connectivity index (χ3n) is 3.43. The molecule has 1 aliphatic heterocycles. The van der Waals surface area contributed by atoms with E-state index in [1.807, 2.05) is 0 Å². The number of methoxy groups -OCH3 is 1. The molecular weight excluding hydrogens is 310 g/mol. The number of aliphatic hydroxyl groups is 1. The smallest absolute Gasteiger partial charge is 0.287 e. The van der Waals surface area contributed by atoms with Gasteiger partial charge in [0.1, 0.15) is 11.5 Å². The Morgan fingerprint density at radius 1 is 1.35 bits per heavy atom. The molecule has 0 aromatic heterocycles. The monoisotopic (exact) mass is 328 g/mol. The van der Waals surface area contributed by atoms with Crippen LogP contribution in [0.3, 0.4) is 0 Å². The van der Waals surface area contributed by atoms with Gasteiger partial charge in [-0.15, -0.1) is 0 Å². The number of halogens is 2. The summed E-state index contributed by atoms with van der Waals surface area (Å²) in [5.41, 5.74) is -2.38. The Kier molecular flexibility index (Phi) is 4.84. The van der Waals surface area contributed by atoms with E-state index in [4.69, 9.17) is 9.47 Å². The van der Waals surface area contributed by atoms with Crippen LogP contribution in [-0.2, 0) is 4.79 Å². The van der Waals surface area contributed by atoms with Gasteiger partial charge in [0, 0.05) is 12.1 Å². The second-order valence-electron chi connectivity index (χ2n) is 5.28. The van der Waals surface area contributed by atoms with Crippen LogP contribution in [0, 0.1) is 0 Å². The van der Waals surface area contributed by atoms with Crippen LogP contribution < -0.4 is 9.47 Å². The van der Waals surface area contributed by atoms with Gasteiger partial charge >= 0.3 is 0 Å². The molecule has 23 heavy (non-hydrogen) atoms. The maximum absolute atomic E-state index is 13.1. The van der Waals surface area contributed by atoms with E-state index >= 15 is 0 Å². The van der Waals surface area contributed by atoms with E-state index in [9.17, 15) is 18.7 Å². The lowest BCUT2D eigenvalue weighted by Crippen LogP contribution is -2.54. The summed E-state index contributed by atoms with van der Waals surface area (Å²) in [5, 5.41) is 14.2. The maximum Gasteiger partial charge on any atom is 0.287 e. The molecule has 1 heterocycles. The zero-order chi connectivity index (χ0) is 17.2. The Morgan fingerprint density at radius 3 is 2.43 bits per heavy atom. The van der Waals surface area contributed by atoms with Gasteiger partial charge in [0.15, 0.2) is 6.10 Å². The van der Waals surface area contributed by atoms with Crippen molar-refractivity contribution < 1.29 is 28.2 Å². The summed E-state index contributed by atoms with van der Waals surface area (Å²) < 4.78 is 36.6. The molecule has 6 nitrogen and oxygen atoms in total. The average Bonchev–Trinajstić information content (AvgIpc) is 2.83. The lowest BCUT2D eigenvalue weighted by atomic mass is 10.1. The summed E-state index contributed by atoms with van der Waals surface area (Å²) in [6.45, 7) is 2.87. The molecule has 1 amide bonds. The number of hydrogen-bond acceptors (Lipinski definition) is 5. The first-order chi connectivity index (χ1) is 10.8. The predicted molar refractivity (Wildman–Crippen MR) is 78.6 cm³/mol. The predicted octanol–water partition coefficient (Wildman–Crippen LogP) is 2.02. The van der Waals surface area contributed by atoms with Crippen molar-refractivity contribution in [1.29, 1.82) is 0 Å². The van der Waals surface area contributed by atoms with Crippen LogP contribution in [-0.4, -0.2) is 47.1 Å². The van der Waals surface area contributed by atoms with E-state index in [1.165, 1.54) is 21.0 Å². The topological polar surface area (TPSA) is 71.4 Å². The summed E-state index contributed by atoms with van der Waals surface area (Å²) >= 11 is 0. The SMILES string of the molecule is COc1ccc(O[C@@H](C)C(=O)N2N=C(C)C[C@]2(O)C(F)F)cc1. The Balaban J connectivity index is 2.11. The van der Waals surface area contributed by atoms with Gasteiger partial charge in [-0.3, -0.25) is 4.79 Å². The Morgan fingerprint density at radius 2 is 1.91 bits per heavy atom. The number of carbonyl (C=O) groups excluding carboxylic acids is 1. The van der Waals surface area contributed by atoms with E-state index < -0.39 is 30.6 Å². The van der Waals surface area contributed by atoms with Crippen LogP contribution in [0.25, 0.3) is 0 Å². The minimum Gasteiger partial charge on any atom is -0.497 e. The van der Waals surface area contributed by atoms with Crippen molar-refractivity contribution in [3.05, 3.63) is 24.3 Å². The second-order valence-corrected chi connectivity index (χ2v) is 5.28. The number of amides is 1. The molecular formula is C15H18F2N2O4. The van der Waals surface area contributed by atoms with Gasteiger partial charge < -0.3 is 14.6 Å². The van der Waals surface area contributed by atoms with Crippen molar-refractivity contribution in [2.45, 2.75) is 38.5 Å². The molecule has 0 spiro atoms. The number of hydrazone groups is 1. The number of benzene rings is 1. The number of nitrogens with zero attached hydrogens (tertiary/aromatic N) is 2. The molecule has 0 aliphatic carbocycles. The van der Waals surface area contributed by atoms with Gasteiger partial charge in [-0.1, -0.05) is 0 Å². The normalized spacial score (nSPS) is 22.0. The second kappa shape index (κ2) is 6.49. The summed E-state index contributed by atoms with van der Waals surface area (Å²) in [6.07, 6.45) is -4.63. The average molecular weight is 328 g/mol. The lowest BCUT2D eigenvalue weighted by Gasteiger charge is -2.31. The number of rotatable bonds is 5. The van der Waals surface area contributed by atoms with Crippen molar-refractivity contribution in [2.24, 2.45) is 5.10 Å². The summed E-state index contributed by atoms with van der Waals surface area (Å²) in [4.78, 5) is 12.3. The lowest BCUT2D eigenvalue weighted by molar-refractivity contribution is -0.196. The molecule has 0 bridgehead atoms. The standard InChI is InChI=1S/C15H18F2N2O4/c1-9-8-15(21,14(16)17)19(18-9)13(20)10(2)23-12-6-4-11(22-3)5-7-12/h4-7,10,14,21H,8H2,1-3H3/t10-,15-/m0/s1. The Hall–Kier alpha value is -2.22. The number of alkyl halides is 2. The minimum atomic E-state index is -3.14. The zero-order valence-electron chi connectivity index (χ0n) is 13.0. The van der Waals surface area contributed by atoms with E-state index in [0.29, 0.717) is 16.5 Å². The maximum atomic E-state index is 13.1. The van der Waals surface area contributed by atoms with E-state index in [-0.39, 0.29) is 5.71 Å². The number of carbonyl (C=O) groups is 1. The largest absolute Gasteiger partial charge is 0.497 e. The van der Waals surface area contributed by atoms with Crippen LogP contribution >= 0.6 is 0 Å². The molecule has 2 rings (SSSR count). The zero-order valence-corrected chi connectivity index (χ0v) is 13.0. The molecule has 1 aromatic carbocycles. The van der Waals surface area contributed by atoms with Gasteiger partial charge in [-0.05, 0) is 38.1 Å². The summed E-state index contributed by atoms with van der Waals surface area (Å²) in [7, 11) is 1.51. The van der Waals surface area contributed by atoms with Crippen LogP contribution in [0.4, 0.5) is 8.78 Å². The highest BCUT2D eigenvalue weighted by atomic mass is 19.3. The van der Waals surface area contributed by atoms with Crippen LogP contribution in [0.15, 0.2) is 29.4 Å². The highest BCUT2D eigenvalue weighted by Gasteiger charge is 2.51. The number of ether oxygens (including phenoxy) is 2. The van der Waals surface area contributed by atoms with Gasteiger partial charge in [-0.25, -0.2) is 8.78 Å². The third-order valence-corrected chi connectivity index (χ3v) is 3.43. The molecule has 8 heteroatoms. The number of hydrogen-bond donors (Lipinski definition) is 1. The molecule has 0 saturated heterocycles. The van der Waals surface area contributed by atoms with Crippen molar-refractivity contribution in [2.75, 3.05) is 7.11 Å². The van der Waals surface area contributed by atoms with Gasteiger partial charge in [0.05, 0.1) is 7.11 Å². The fraction of sp³-hybridized carbons (Fsp3) is 0.467. The first-order valence-electron chi connectivity index (χ1n) is 6.97. The molecule has 0 radical (unpaired) electrons. The van der Waals surface area contributed by atoms with Crippen molar-refractivity contribution in [1.82, 2.24) is 5.01 Å². The van der Waals surface area contributed by atoms with Gasteiger partial charge in [0.25, 0.3) is 12.3 Å². The van der Waals surface area contributed by atoms with E-state index in [2.05, 4.69) is 5.10 Å². The molecule has 126 valence electrons. The first-order valence-corrected chi connectivity index (χ1v) is 6.97. The Bertz CT molecular complexity index is 606. The molecule has 2 atom stereocenters. The van der Waals surface area contributed by atoms with Crippen LogP contribution in [0.2, 0.25) is 0 Å². The molecule has 1 N–H and O–H groups in total. The highest BCUT2D eigenvalue weighted by molar-refractivity contribution is 5.90. The van der Waals surface area contributed by atoms with Crippen molar-refractivity contribution >= 4 is 11.6 Å². The first kappa shape index (κ1) is 17.1. The fourth-order valence-corrected chi connectivity index (χ4v) is 2.23. The highest BCUT2D eigenvalue weighted by Crippen LogP contribution is 2.32. The molecule has 1 aliphatic rings. The summed E-state index contributed by atoms with van der Waals surface area (Å²) in [6, 6.07) is 6.45. The summed E-state index contributed by atoms with van der Waals surface area (Å²) in [5.74, 6) is 0.135. The molecule has 1 aromatic rings.